The van der Waals surface area contributed by atoms with Crippen LogP contribution in [0.15, 0.2) is 0 Å². The Morgan fingerprint density at radius 3 is 2.41 bits per heavy atom. The van der Waals surface area contributed by atoms with Crippen molar-refractivity contribution in [3.05, 3.63) is 0 Å². The van der Waals surface area contributed by atoms with Crippen LogP contribution in [-0.4, -0.2) is 66.5 Å². The maximum Gasteiger partial charge on any atom is 0.321 e. The molecule has 3 rings (SSSR count). The Morgan fingerprint density at radius 1 is 0.909 bits per heavy atom. The van der Waals surface area contributed by atoms with Gasteiger partial charge in [-0.3, -0.25) is 15.0 Å². The lowest BCUT2D eigenvalue weighted by molar-refractivity contribution is -0.121. The lowest BCUT2D eigenvalue weighted by Gasteiger charge is -2.26. The SMILES string of the molecule is O=C(CN1CCC[C@H](N2CCCC2)CC1)NC(=O)NC1CC1. The Kier molecular flexibility index (Phi) is 5.31. The fraction of sp³-hybridized carbons (Fsp3) is 0.875. The number of urea groups is 1. The summed E-state index contributed by atoms with van der Waals surface area (Å²) in [7, 11) is 0. The van der Waals surface area contributed by atoms with E-state index in [1.807, 2.05) is 0 Å². The molecule has 2 saturated heterocycles. The van der Waals surface area contributed by atoms with Crippen LogP contribution in [0, 0.1) is 0 Å². The standard InChI is InChI=1S/C16H28N4O2/c21-15(18-16(22)17-13-5-6-13)12-19-8-3-4-14(7-11-19)20-9-1-2-10-20/h13-14H,1-12H2,(H2,17,18,21,22)/t14-/m0/s1. The highest BCUT2D eigenvalue weighted by molar-refractivity contribution is 5.95. The average Bonchev–Trinajstić information content (AvgIpc) is 3.17. The van der Waals surface area contributed by atoms with E-state index in [0.29, 0.717) is 12.6 Å². The third-order valence-electron chi connectivity index (χ3n) is 4.98. The van der Waals surface area contributed by atoms with Crippen molar-refractivity contribution >= 4 is 11.9 Å². The monoisotopic (exact) mass is 308 g/mol. The van der Waals surface area contributed by atoms with Gasteiger partial charge in [0.1, 0.15) is 0 Å². The first-order valence-electron chi connectivity index (χ1n) is 8.77. The van der Waals surface area contributed by atoms with Crippen molar-refractivity contribution in [3.63, 3.8) is 0 Å². The minimum atomic E-state index is -0.336. The fourth-order valence-electron chi connectivity index (χ4n) is 3.59. The maximum absolute atomic E-state index is 11.9. The van der Waals surface area contributed by atoms with Gasteiger partial charge < -0.3 is 10.2 Å². The first kappa shape index (κ1) is 15.7. The molecular weight excluding hydrogens is 280 g/mol. The fourth-order valence-corrected chi connectivity index (χ4v) is 3.59. The predicted octanol–water partition coefficient (Wildman–Crippen LogP) is 0.925. The van der Waals surface area contributed by atoms with E-state index in [1.54, 1.807) is 0 Å². The van der Waals surface area contributed by atoms with E-state index in [2.05, 4.69) is 20.4 Å². The molecule has 22 heavy (non-hydrogen) atoms. The zero-order valence-electron chi connectivity index (χ0n) is 13.4. The molecule has 2 N–H and O–H groups in total. The second kappa shape index (κ2) is 7.42. The molecule has 0 unspecified atom stereocenters. The highest BCUT2D eigenvalue weighted by atomic mass is 16.2. The van der Waals surface area contributed by atoms with Crippen LogP contribution in [0.25, 0.3) is 0 Å². The third kappa shape index (κ3) is 4.68. The van der Waals surface area contributed by atoms with Crippen molar-refractivity contribution in [2.45, 2.75) is 57.0 Å². The normalized spacial score (nSPS) is 27.4. The highest BCUT2D eigenvalue weighted by Gasteiger charge is 2.26. The Labute approximate surface area is 132 Å². The summed E-state index contributed by atoms with van der Waals surface area (Å²) >= 11 is 0. The number of hydrogen-bond acceptors (Lipinski definition) is 4. The van der Waals surface area contributed by atoms with E-state index in [1.165, 1.54) is 32.4 Å². The molecule has 1 aliphatic carbocycles. The second-order valence-electron chi connectivity index (χ2n) is 6.90. The Morgan fingerprint density at radius 2 is 1.68 bits per heavy atom. The van der Waals surface area contributed by atoms with Gasteiger partial charge in [0.2, 0.25) is 5.91 Å². The van der Waals surface area contributed by atoms with Gasteiger partial charge in [0, 0.05) is 18.6 Å². The van der Waals surface area contributed by atoms with Crippen LogP contribution in [0.4, 0.5) is 4.79 Å². The molecule has 0 bridgehead atoms. The third-order valence-corrected chi connectivity index (χ3v) is 4.98. The van der Waals surface area contributed by atoms with E-state index in [4.69, 9.17) is 0 Å². The summed E-state index contributed by atoms with van der Waals surface area (Å²) in [5.41, 5.74) is 0. The Bertz CT molecular complexity index is 405. The summed E-state index contributed by atoms with van der Waals surface area (Å²) in [6, 6.07) is 0.637. The van der Waals surface area contributed by atoms with Gasteiger partial charge in [-0.25, -0.2) is 4.79 Å². The number of imide groups is 1. The topological polar surface area (TPSA) is 64.7 Å². The quantitative estimate of drug-likeness (QED) is 0.811. The molecule has 3 amide bonds. The van der Waals surface area contributed by atoms with Gasteiger partial charge in [-0.05, 0) is 64.6 Å². The van der Waals surface area contributed by atoms with E-state index in [-0.39, 0.29) is 18.0 Å². The molecule has 2 aliphatic heterocycles. The van der Waals surface area contributed by atoms with Gasteiger partial charge in [0.25, 0.3) is 0 Å². The molecule has 124 valence electrons. The zero-order chi connectivity index (χ0) is 15.4. The van der Waals surface area contributed by atoms with Crippen LogP contribution in [0.1, 0.15) is 44.9 Å². The zero-order valence-corrected chi connectivity index (χ0v) is 13.4. The summed E-state index contributed by atoms with van der Waals surface area (Å²) < 4.78 is 0. The molecule has 3 aliphatic rings. The molecular formula is C16H28N4O2. The van der Waals surface area contributed by atoms with Gasteiger partial charge in [-0.15, -0.1) is 0 Å². The maximum atomic E-state index is 11.9. The lowest BCUT2D eigenvalue weighted by atomic mass is 10.1. The minimum Gasteiger partial charge on any atom is -0.335 e. The number of carbonyl (C=O) groups is 2. The first-order valence-corrected chi connectivity index (χ1v) is 8.77. The second-order valence-corrected chi connectivity index (χ2v) is 6.90. The van der Waals surface area contributed by atoms with Crippen LogP contribution < -0.4 is 10.6 Å². The Balaban J connectivity index is 1.38. The van der Waals surface area contributed by atoms with Gasteiger partial charge in [-0.2, -0.15) is 0 Å². The van der Waals surface area contributed by atoms with Crippen molar-refractivity contribution < 1.29 is 9.59 Å². The van der Waals surface area contributed by atoms with Crippen molar-refractivity contribution in [1.82, 2.24) is 20.4 Å². The molecule has 3 fully saturated rings. The molecule has 6 heteroatoms. The van der Waals surface area contributed by atoms with Crippen molar-refractivity contribution in [2.24, 2.45) is 0 Å². The van der Waals surface area contributed by atoms with Gasteiger partial charge in [0.05, 0.1) is 6.54 Å². The number of hydrogen-bond donors (Lipinski definition) is 2. The molecule has 0 radical (unpaired) electrons. The molecule has 6 nitrogen and oxygen atoms in total. The molecule has 1 saturated carbocycles. The highest BCUT2D eigenvalue weighted by Crippen LogP contribution is 2.21. The molecule has 1 atom stereocenters. The van der Waals surface area contributed by atoms with Crippen molar-refractivity contribution in [2.75, 3.05) is 32.7 Å². The van der Waals surface area contributed by atoms with Crippen LogP contribution in [0.5, 0.6) is 0 Å². The summed E-state index contributed by atoms with van der Waals surface area (Å²) in [5.74, 6) is -0.183. The molecule has 0 aromatic rings. The molecule has 0 spiro atoms. The first-order chi connectivity index (χ1) is 10.7. The van der Waals surface area contributed by atoms with E-state index in [0.717, 1.165) is 38.8 Å². The van der Waals surface area contributed by atoms with Gasteiger partial charge in [0.15, 0.2) is 0 Å². The Hall–Kier alpha value is -1.14. The van der Waals surface area contributed by atoms with E-state index < -0.39 is 0 Å². The van der Waals surface area contributed by atoms with Crippen molar-refractivity contribution in [1.29, 1.82) is 0 Å². The smallest absolute Gasteiger partial charge is 0.321 e. The molecule has 2 heterocycles. The predicted molar refractivity (Wildman–Crippen MR) is 84.6 cm³/mol. The lowest BCUT2D eigenvalue weighted by Crippen LogP contribution is -2.45. The summed E-state index contributed by atoms with van der Waals surface area (Å²) in [6.45, 7) is 4.74. The van der Waals surface area contributed by atoms with Crippen LogP contribution in [0.2, 0.25) is 0 Å². The number of nitrogens with zero attached hydrogens (tertiary/aromatic N) is 2. The number of amides is 3. The summed E-state index contributed by atoms with van der Waals surface area (Å²) in [4.78, 5) is 28.3. The van der Waals surface area contributed by atoms with Crippen molar-refractivity contribution in [3.8, 4) is 0 Å². The number of carbonyl (C=O) groups excluding carboxylic acids is 2. The summed E-state index contributed by atoms with van der Waals surface area (Å²) in [6.07, 6.45) is 8.25. The number of rotatable bonds is 4. The largest absolute Gasteiger partial charge is 0.335 e. The number of likely N-dealkylation sites (tertiary alicyclic amines) is 2. The van der Waals surface area contributed by atoms with Crippen LogP contribution >= 0.6 is 0 Å². The van der Waals surface area contributed by atoms with E-state index >= 15 is 0 Å². The van der Waals surface area contributed by atoms with Crippen LogP contribution in [-0.2, 0) is 4.79 Å². The van der Waals surface area contributed by atoms with E-state index in [9.17, 15) is 9.59 Å². The van der Waals surface area contributed by atoms with Gasteiger partial charge in [-0.1, -0.05) is 0 Å². The van der Waals surface area contributed by atoms with Crippen LogP contribution in [0.3, 0.4) is 0 Å². The van der Waals surface area contributed by atoms with Gasteiger partial charge >= 0.3 is 6.03 Å². The minimum absolute atomic E-state index is 0.183. The molecule has 0 aromatic heterocycles. The number of nitrogens with one attached hydrogen (secondary N) is 2. The molecule has 0 aromatic carbocycles. The average molecular weight is 308 g/mol. The summed E-state index contributed by atoms with van der Waals surface area (Å²) in [5, 5.41) is 5.23.